The van der Waals surface area contributed by atoms with E-state index in [1.54, 1.807) is 13.8 Å². The van der Waals surface area contributed by atoms with Crippen molar-refractivity contribution < 1.29 is 40.2 Å². The molecule has 2 aromatic carbocycles. The quantitative estimate of drug-likeness (QED) is 0.346. The second-order valence-corrected chi connectivity index (χ2v) is 9.29. The fourth-order valence-corrected chi connectivity index (χ4v) is 4.02. The van der Waals surface area contributed by atoms with Crippen molar-refractivity contribution in [3.8, 4) is 28.7 Å². The van der Waals surface area contributed by atoms with Gasteiger partial charge in [-0.2, -0.15) is 0 Å². The zero-order valence-corrected chi connectivity index (χ0v) is 18.9. The predicted molar refractivity (Wildman–Crippen MR) is 121 cm³/mol. The van der Waals surface area contributed by atoms with E-state index in [0.29, 0.717) is 12.8 Å². The summed E-state index contributed by atoms with van der Waals surface area (Å²) in [5, 5.41) is 61.5. The molecule has 0 amide bonds. The second kappa shape index (κ2) is 8.96. The third-order valence-corrected chi connectivity index (χ3v) is 5.96. The number of phenols is 4. The van der Waals surface area contributed by atoms with Gasteiger partial charge in [0.1, 0.15) is 34.3 Å². The first-order valence-electron chi connectivity index (χ1n) is 10.7. The van der Waals surface area contributed by atoms with Crippen LogP contribution in [0.4, 0.5) is 0 Å². The Morgan fingerprint density at radius 2 is 1.79 bits per heavy atom. The van der Waals surface area contributed by atoms with E-state index in [-0.39, 0.29) is 52.0 Å². The Morgan fingerprint density at radius 3 is 2.36 bits per heavy atom. The Labute approximate surface area is 192 Å². The molecule has 0 spiro atoms. The molecule has 0 bridgehead atoms. The minimum absolute atomic E-state index is 0.0616. The molecule has 1 aliphatic heterocycles. The highest BCUT2D eigenvalue weighted by molar-refractivity contribution is 6.06. The van der Waals surface area contributed by atoms with Gasteiger partial charge in [-0.15, -0.1) is 0 Å². The Balaban J connectivity index is 2.07. The Bertz CT molecular complexity index is 1080. The molecule has 8 heteroatoms. The highest BCUT2D eigenvalue weighted by Crippen LogP contribution is 2.48. The fraction of sp³-hybridized carbons (Fsp3) is 0.400. The number of Topliss-reactive ketones (excluding diaryl/α,β-unsaturated/α-hetero) is 1. The lowest BCUT2D eigenvalue weighted by Gasteiger charge is -2.33. The number of carbonyl (C=O) groups excluding carboxylic acids is 1. The van der Waals surface area contributed by atoms with E-state index in [9.17, 15) is 35.4 Å². The van der Waals surface area contributed by atoms with Gasteiger partial charge in [0.2, 0.25) is 5.78 Å². The minimum Gasteiger partial charge on any atom is -0.508 e. The van der Waals surface area contributed by atoms with E-state index in [1.807, 2.05) is 6.92 Å². The van der Waals surface area contributed by atoms with E-state index in [1.165, 1.54) is 12.1 Å². The van der Waals surface area contributed by atoms with Crippen molar-refractivity contribution >= 4 is 5.78 Å². The van der Waals surface area contributed by atoms with Gasteiger partial charge in [-0.3, -0.25) is 4.79 Å². The fourth-order valence-electron chi connectivity index (χ4n) is 4.02. The van der Waals surface area contributed by atoms with Crippen LogP contribution in [-0.4, -0.2) is 48.1 Å². The maximum absolute atomic E-state index is 13.0. The van der Waals surface area contributed by atoms with Gasteiger partial charge in [-0.25, -0.2) is 0 Å². The Morgan fingerprint density at radius 1 is 1.12 bits per heavy atom. The van der Waals surface area contributed by atoms with Gasteiger partial charge < -0.3 is 35.4 Å². The van der Waals surface area contributed by atoms with E-state index in [4.69, 9.17) is 4.74 Å². The molecule has 1 heterocycles. The maximum Gasteiger partial charge on any atom is 0.202 e. The van der Waals surface area contributed by atoms with Crippen molar-refractivity contribution in [2.45, 2.75) is 57.8 Å². The van der Waals surface area contributed by atoms with Gasteiger partial charge in [0.15, 0.2) is 12.2 Å². The van der Waals surface area contributed by atoms with Crippen LogP contribution in [0.2, 0.25) is 0 Å². The smallest absolute Gasteiger partial charge is 0.202 e. The van der Waals surface area contributed by atoms with Crippen molar-refractivity contribution in [3.05, 3.63) is 53.1 Å². The molecule has 2 aromatic rings. The van der Waals surface area contributed by atoms with E-state index >= 15 is 0 Å². The van der Waals surface area contributed by atoms with Crippen LogP contribution in [-0.2, 0) is 6.42 Å². The van der Waals surface area contributed by atoms with Gasteiger partial charge in [0.25, 0.3) is 0 Å². The molecule has 33 heavy (non-hydrogen) atoms. The predicted octanol–water partition coefficient (Wildman–Crippen LogP) is 3.47. The molecule has 0 aromatic heterocycles. The number of phenolic OH excluding ortho intramolecular Hbond substituents is 4. The summed E-state index contributed by atoms with van der Waals surface area (Å²) in [6.07, 6.45) is -1.84. The van der Waals surface area contributed by atoms with E-state index < -0.39 is 29.3 Å². The molecule has 6 N–H and O–H groups in total. The summed E-state index contributed by atoms with van der Waals surface area (Å²) in [6, 6.07) is 4.69. The molecule has 0 radical (unpaired) electrons. The van der Waals surface area contributed by atoms with Crippen LogP contribution in [0.3, 0.4) is 0 Å². The number of aliphatic hydroxyl groups excluding tert-OH is 1. The van der Waals surface area contributed by atoms with Gasteiger partial charge in [0.05, 0.1) is 5.60 Å². The van der Waals surface area contributed by atoms with Crippen LogP contribution in [0.25, 0.3) is 0 Å². The van der Waals surface area contributed by atoms with Gasteiger partial charge >= 0.3 is 0 Å². The topological polar surface area (TPSA) is 148 Å². The van der Waals surface area contributed by atoms with Crippen LogP contribution in [0.5, 0.6) is 28.7 Å². The molecular formula is C25H30O8. The van der Waals surface area contributed by atoms with Gasteiger partial charge in [-0.1, -0.05) is 12.2 Å². The SMILES string of the molecule is C=C(C)[C@H](CCC(C)(C)O)Cc1c(O)cc(O)c2c1O[C@H](c1ccc(O)cc1O)[C@@H](O)C2=O. The third-order valence-electron chi connectivity index (χ3n) is 5.96. The van der Waals surface area contributed by atoms with Crippen molar-refractivity contribution in [1.29, 1.82) is 0 Å². The molecule has 8 nitrogen and oxygen atoms in total. The number of aromatic hydroxyl groups is 4. The highest BCUT2D eigenvalue weighted by atomic mass is 16.5. The number of carbonyl (C=O) groups is 1. The summed E-state index contributed by atoms with van der Waals surface area (Å²) < 4.78 is 5.93. The molecule has 0 aliphatic carbocycles. The first kappa shape index (κ1) is 24.4. The number of hydrogen-bond donors (Lipinski definition) is 6. The summed E-state index contributed by atoms with van der Waals surface area (Å²) in [7, 11) is 0. The van der Waals surface area contributed by atoms with Crippen molar-refractivity contribution in [1.82, 2.24) is 0 Å². The number of benzene rings is 2. The summed E-state index contributed by atoms with van der Waals surface area (Å²) in [5.74, 6) is -2.51. The minimum atomic E-state index is -1.73. The number of ether oxygens (including phenoxy) is 1. The van der Waals surface area contributed by atoms with Crippen LogP contribution in [0, 0.1) is 5.92 Å². The van der Waals surface area contributed by atoms with Crippen LogP contribution < -0.4 is 4.74 Å². The van der Waals surface area contributed by atoms with Crippen molar-refractivity contribution in [2.24, 2.45) is 5.92 Å². The number of ketones is 1. The molecule has 3 rings (SSSR count). The molecular weight excluding hydrogens is 428 g/mol. The first-order valence-corrected chi connectivity index (χ1v) is 10.7. The first-order chi connectivity index (χ1) is 15.3. The van der Waals surface area contributed by atoms with Gasteiger partial charge in [0, 0.05) is 23.3 Å². The lowest BCUT2D eigenvalue weighted by Crippen LogP contribution is -2.37. The molecule has 178 valence electrons. The van der Waals surface area contributed by atoms with Crippen molar-refractivity contribution in [3.63, 3.8) is 0 Å². The normalized spacial score (nSPS) is 19.0. The lowest BCUT2D eigenvalue weighted by molar-refractivity contribution is 0.0197. The maximum atomic E-state index is 13.0. The summed E-state index contributed by atoms with van der Waals surface area (Å²) in [4.78, 5) is 13.0. The molecule has 0 fully saturated rings. The summed E-state index contributed by atoms with van der Waals surface area (Å²) >= 11 is 0. The number of allylic oxidation sites excluding steroid dienone is 1. The average Bonchev–Trinajstić information content (AvgIpc) is 2.68. The largest absolute Gasteiger partial charge is 0.508 e. The standard InChI is InChI=1S/C25H30O8/c1-12(2)13(7-8-25(3,4)32)9-16-18(28)11-19(29)20-21(30)22(31)24(33-23(16)20)15-6-5-14(26)10-17(15)27/h5-6,10-11,13,22,24,26-29,31-32H,1,7-9H2,2-4H3/t13-,22+,24-/m1/s1. The highest BCUT2D eigenvalue weighted by Gasteiger charge is 2.42. The molecule has 3 atom stereocenters. The Kier molecular flexibility index (Phi) is 6.63. The van der Waals surface area contributed by atoms with Crippen molar-refractivity contribution in [2.75, 3.05) is 0 Å². The van der Waals surface area contributed by atoms with Crippen LogP contribution >= 0.6 is 0 Å². The summed E-state index contributed by atoms with van der Waals surface area (Å²) in [5.41, 5.74) is -0.0490. The van der Waals surface area contributed by atoms with E-state index in [0.717, 1.165) is 17.7 Å². The second-order valence-electron chi connectivity index (χ2n) is 9.29. The van der Waals surface area contributed by atoms with E-state index in [2.05, 4.69) is 6.58 Å². The third kappa shape index (κ3) is 5.07. The summed E-state index contributed by atoms with van der Waals surface area (Å²) in [6.45, 7) is 9.22. The van der Waals surface area contributed by atoms with Gasteiger partial charge in [-0.05, 0) is 58.1 Å². The van der Waals surface area contributed by atoms with Crippen LogP contribution in [0.15, 0.2) is 36.4 Å². The molecule has 0 saturated heterocycles. The number of hydrogen-bond acceptors (Lipinski definition) is 8. The monoisotopic (exact) mass is 458 g/mol. The average molecular weight is 459 g/mol. The zero-order valence-electron chi connectivity index (χ0n) is 18.9. The molecule has 0 saturated carbocycles. The lowest BCUT2D eigenvalue weighted by atomic mass is 9.83. The number of aliphatic hydroxyl groups is 2. The Hall–Kier alpha value is -3.23. The zero-order chi connectivity index (χ0) is 24.7. The molecule has 0 unspecified atom stereocenters. The molecule has 1 aliphatic rings. The number of rotatable bonds is 7. The van der Waals surface area contributed by atoms with Crippen LogP contribution in [0.1, 0.15) is 61.2 Å². The number of fused-ring (bicyclic) bond motifs is 1.